The zero-order chi connectivity index (χ0) is 12.4. The highest BCUT2D eigenvalue weighted by atomic mass is 35.5. The molecule has 1 aromatic carbocycles. The largest absolute Gasteiger partial charge is 0.328 e. The average Bonchev–Trinajstić information content (AvgIpc) is 2.33. The lowest BCUT2D eigenvalue weighted by Crippen LogP contribution is -2.12. The third kappa shape index (κ3) is 1.95. The summed E-state index contributed by atoms with van der Waals surface area (Å²) in [5, 5.41) is 9.59. The standard InChI is InChI=1S/C13H9ClN2O/c1-8-7-16-13(17)10(6-15)12(8)9-4-2-3-5-11(9)14/h2-5,7H,1H3,(H,16,17). The number of aromatic amines is 1. The molecular weight excluding hydrogens is 236 g/mol. The molecule has 0 amide bonds. The van der Waals surface area contributed by atoms with Gasteiger partial charge >= 0.3 is 0 Å². The van der Waals surface area contributed by atoms with Crippen molar-refractivity contribution in [3.8, 4) is 17.2 Å². The number of nitrogens with one attached hydrogen (secondary N) is 1. The third-order valence-corrected chi connectivity index (χ3v) is 2.88. The van der Waals surface area contributed by atoms with Gasteiger partial charge in [0.1, 0.15) is 11.6 Å². The van der Waals surface area contributed by atoms with Crippen molar-refractivity contribution in [2.75, 3.05) is 0 Å². The highest BCUT2D eigenvalue weighted by molar-refractivity contribution is 6.33. The first-order chi connectivity index (χ1) is 8.15. The van der Waals surface area contributed by atoms with E-state index in [2.05, 4.69) is 4.98 Å². The van der Waals surface area contributed by atoms with Gasteiger partial charge in [-0.1, -0.05) is 29.8 Å². The third-order valence-electron chi connectivity index (χ3n) is 2.55. The lowest BCUT2D eigenvalue weighted by atomic mass is 9.98. The second kappa shape index (κ2) is 4.44. The molecule has 0 atom stereocenters. The Hall–Kier alpha value is -2.05. The van der Waals surface area contributed by atoms with Crippen molar-refractivity contribution in [3.63, 3.8) is 0 Å². The van der Waals surface area contributed by atoms with E-state index >= 15 is 0 Å². The number of H-pyrrole nitrogens is 1. The summed E-state index contributed by atoms with van der Waals surface area (Å²) in [5.74, 6) is 0. The van der Waals surface area contributed by atoms with Gasteiger partial charge in [0.2, 0.25) is 0 Å². The first kappa shape index (κ1) is 11.4. The van der Waals surface area contributed by atoms with Gasteiger partial charge in [-0.3, -0.25) is 4.79 Å². The Labute approximate surface area is 103 Å². The zero-order valence-corrected chi connectivity index (χ0v) is 9.88. The Kier molecular flexibility index (Phi) is 2.99. The summed E-state index contributed by atoms with van der Waals surface area (Å²) in [6.45, 7) is 1.83. The van der Waals surface area contributed by atoms with Crippen LogP contribution in [-0.4, -0.2) is 4.98 Å². The van der Waals surface area contributed by atoms with Crippen molar-refractivity contribution in [1.29, 1.82) is 5.26 Å². The van der Waals surface area contributed by atoms with E-state index in [0.717, 1.165) is 5.56 Å². The van der Waals surface area contributed by atoms with Crippen molar-refractivity contribution in [2.24, 2.45) is 0 Å². The Morgan fingerprint density at radius 3 is 2.71 bits per heavy atom. The van der Waals surface area contributed by atoms with E-state index in [9.17, 15) is 4.79 Å². The predicted octanol–water partition coefficient (Wildman–Crippen LogP) is 2.88. The highest BCUT2D eigenvalue weighted by Gasteiger charge is 2.14. The molecule has 4 heteroatoms. The second-order valence-electron chi connectivity index (χ2n) is 3.64. The van der Waals surface area contributed by atoms with E-state index in [4.69, 9.17) is 16.9 Å². The fourth-order valence-corrected chi connectivity index (χ4v) is 1.98. The van der Waals surface area contributed by atoms with Crippen LogP contribution < -0.4 is 5.56 Å². The highest BCUT2D eigenvalue weighted by Crippen LogP contribution is 2.30. The Bertz CT molecular complexity index is 668. The van der Waals surface area contributed by atoms with Crippen LogP contribution in [0.3, 0.4) is 0 Å². The van der Waals surface area contributed by atoms with Crippen molar-refractivity contribution in [2.45, 2.75) is 6.92 Å². The maximum atomic E-state index is 11.6. The van der Waals surface area contributed by atoms with Crippen LogP contribution in [0.15, 0.2) is 35.3 Å². The van der Waals surface area contributed by atoms with Crippen molar-refractivity contribution >= 4 is 11.6 Å². The smallest absolute Gasteiger partial charge is 0.266 e. The maximum absolute atomic E-state index is 11.6. The molecular formula is C13H9ClN2O. The van der Waals surface area contributed by atoms with Gasteiger partial charge in [0.15, 0.2) is 0 Å². The average molecular weight is 245 g/mol. The number of hydrogen-bond donors (Lipinski definition) is 1. The van der Waals surface area contributed by atoms with E-state index in [1.807, 2.05) is 19.1 Å². The molecule has 3 nitrogen and oxygen atoms in total. The van der Waals surface area contributed by atoms with Crippen LogP contribution >= 0.6 is 11.6 Å². The number of nitrogens with zero attached hydrogens (tertiary/aromatic N) is 1. The minimum atomic E-state index is -0.395. The van der Waals surface area contributed by atoms with Crippen LogP contribution in [0, 0.1) is 18.3 Å². The first-order valence-electron chi connectivity index (χ1n) is 5.02. The maximum Gasteiger partial charge on any atom is 0.266 e. The van der Waals surface area contributed by atoms with Crippen LogP contribution in [0.5, 0.6) is 0 Å². The van der Waals surface area contributed by atoms with Crippen LogP contribution in [-0.2, 0) is 0 Å². The quantitative estimate of drug-likeness (QED) is 0.839. The second-order valence-corrected chi connectivity index (χ2v) is 4.05. The van der Waals surface area contributed by atoms with E-state index < -0.39 is 5.56 Å². The van der Waals surface area contributed by atoms with Gasteiger partial charge in [-0.05, 0) is 18.6 Å². The normalized spacial score (nSPS) is 9.94. The minimum Gasteiger partial charge on any atom is -0.328 e. The molecule has 1 heterocycles. The summed E-state index contributed by atoms with van der Waals surface area (Å²) in [5.41, 5.74) is 1.82. The molecule has 2 aromatic rings. The van der Waals surface area contributed by atoms with Gasteiger partial charge in [-0.2, -0.15) is 5.26 Å². The summed E-state index contributed by atoms with van der Waals surface area (Å²) in [7, 11) is 0. The molecule has 0 unspecified atom stereocenters. The number of aromatic nitrogens is 1. The van der Waals surface area contributed by atoms with Gasteiger partial charge in [0.25, 0.3) is 5.56 Å². The molecule has 0 fully saturated rings. The van der Waals surface area contributed by atoms with E-state index in [1.54, 1.807) is 24.4 Å². The zero-order valence-electron chi connectivity index (χ0n) is 9.12. The predicted molar refractivity (Wildman–Crippen MR) is 67.0 cm³/mol. The number of halogens is 1. The van der Waals surface area contributed by atoms with Gasteiger partial charge in [-0.25, -0.2) is 0 Å². The van der Waals surface area contributed by atoms with Crippen LogP contribution in [0.2, 0.25) is 5.02 Å². The van der Waals surface area contributed by atoms with Gasteiger partial charge in [0, 0.05) is 22.3 Å². The Morgan fingerprint density at radius 1 is 1.35 bits per heavy atom. The molecule has 1 aromatic heterocycles. The summed E-state index contributed by atoms with van der Waals surface area (Å²) in [6.07, 6.45) is 1.59. The number of rotatable bonds is 1. The fourth-order valence-electron chi connectivity index (χ4n) is 1.75. The van der Waals surface area contributed by atoms with E-state index in [1.165, 1.54) is 0 Å². The molecule has 0 radical (unpaired) electrons. The lowest BCUT2D eigenvalue weighted by molar-refractivity contribution is 1.18. The van der Waals surface area contributed by atoms with Crippen molar-refractivity contribution in [1.82, 2.24) is 4.98 Å². The van der Waals surface area contributed by atoms with Gasteiger partial charge in [-0.15, -0.1) is 0 Å². The molecule has 84 valence electrons. The van der Waals surface area contributed by atoms with E-state index in [0.29, 0.717) is 16.1 Å². The van der Waals surface area contributed by atoms with Crippen molar-refractivity contribution < 1.29 is 0 Å². The molecule has 1 N–H and O–H groups in total. The van der Waals surface area contributed by atoms with E-state index in [-0.39, 0.29) is 5.56 Å². The molecule has 0 aliphatic heterocycles. The molecule has 0 saturated heterocycles. The molecule has 0 spiro atoms. The summed E-state index contributed by atoms with van der Waals surface area (Å²) < 4.78 is 0. The number of nitriles is 1. The number of aryl methyl sites for hydroxylation is 1. The Morgan fingerprint density at radius 2 is 2.06 bits per heavy atom. The SMILES string of the molecule is Cc1c[nH]c(=O)c(C#N)c1-c1ccccc1Cl. The molecule has 0 bridgehead atoms. The lowest BCUT2D eigenvalue weighted by Gasteiger charge is -2.08. The Balaban J connectivity index is 2.86. The van der Waals surface area contributed by atoms with Crippen LogP contribution in [0.25, 0.3) is 11.1 Å². The first-order valence-corrected chi connectivity index (χ1v) is 5.40. The summed E-state index contributed by atoms with van der Waals surface area (Å²) in [4.78, 5) is 14.1. The molecule has 0 aliphatic rings. The summed E-state index contributed by atoms with van der Waals surface area (Å²) >= 11 is 6.09. The molecule has 2 rings (SSSR count). The number of pyridine rings is 1. The summed E-state index contributed by atoms with van der Waals surface area (Å²) in [6, 6.07) is 9.09. The van der Waals surface area contributed by atoms with Crippen LogP contribution in [0.4, 0.5) is 0 Å². The van der Waals surface area contributed by atoms with Crippen LogP contribution in [0.1, 0.15) is 11.1 Å². The topological polar surface area (TPSA) is 56.6 Å². The van der Waals surface area contributed by atoms with Crippen molar-refractivity contribution in [3.05, 3.63) is 57.0 Å². The monoisotopic (exact) mass is 244 g/mol. The number of benzene rings is 1. The minimum absolute atomic E-state index is 0.0955. The number of hydrogen-bond acceptors (Lipinski definition) is 2. The van der Waals surface area contributed by atoms with Gasteiger partial charge in [0.05, 0.1) is 0 Å². The molecule has 17 heavy (non-hydrogen) atoms. The van der Waals surface area contributed by atoms with Gasteiger partial charge < -0.3 is 4.98 Å². The molecule has 0 aliphatic carbocycles. The molecule has 0 saturated carbocycles. The fraction of sp³-hybridized carbons (Fsp3) is 0.0769.